The zero-order chi connectivity index (χ0) is 20.2. The van der Waals surface area contributed by atoms with E-state index in [0.29, 0.717) is 19.2 Å². The Labute approximate surface area is 170 Å². The number of nitrogens with zero attached hydrogens (tertiary/aromatic N) is 3. The third-order valence-corrected chi connectivity index (χ3v) is 4.99. The molecule has 1 aliphatic heterocycles. The number of aryl methyl sites for hydroxylation is 1. The van der Waals surface area contributed by atoms with E-state index in [1.165, 1.54) is 5.56 Å². The number of amides is 1. The minimum Gasteiger partial charge on any atom is -0.494 e. The maximum absolute atomic E-state index is 12.4. The Morgan fingerprint density at radius 3 is 2.62 bits per heavy atom. The minimum absolute atomic E-state index is 0.0139. The number of aromatic nitrogens is 1. The van der Waals surface area contributed by atoms with E-state index in [4.69, 9.17) is 9.15 Å². The van der Waals surface area contributed by atoms with Gasteiger partial charge in [0.25, 0.3) is 6.01 Å². The van der Waals surface area contributed by atoms with Crippen LogP contribution in [0.15, 0.2) is 46.9 Å². The standard InChI is InChI=1S/C22H26N4O3/c1-3-28-18-7-5-17(6-8-18)23-21(27)15-25-10-12-26(13-11-25)22-24-19-14-16(2)4-9-20(19)29-22/h4-9,14H,3,10-13,15H2,1-2H3,(H,23,27). The van der Waals surface area contributed by atoms with Crippen molar-refractivity contribution in [1.82, 2.24) is 9.88 Å². The summed E-state index contributed by atoms with van der Waals surface area (Å²) < 4.78 is 11.3. The molecule has 152 valence electrons. The fourth-order valence-electron chi connectivity index (χ4n) is 3.46. The van der Waals surface area contributed by atoms with Gasteiger partial charge in [-0.05, 0) is 55.8 Å². The topological polar surface area (TPSA) is 70.8 Å². The molecule has 1 aromatic heterocycles. The van der Waals surface area contributed by atoms with E-state index in [2.05, 4.69) is 20.1 Å². The second-order valence-electron chi connectivity index (χ2n) is 7.24. The van der Waals surface area contributed by atoms with Gasteiger partial charge in [0, 0.05) is 31.9 Å². The first-order valence-corrected chi connectivity index (χ1v) is 9.98. The molecule has 0 bridgehead atoms. The van der Waals surface area contributed by atoms with Gasteiger partial charge in [0.05, 0.1) is 13.2 Å². The number of hydrogen-bond donors (Lipinski definition) is 1. The molecular formula is C22H26N4O3. The van der Waals surface area contributed by atoms with Crippen molar-refractivity contribution in [2.24, 2.45) is 0 Å². The third-order valence-electron chi connectivity index (χ3n) is 4.99. The lowest BCUT2D eigenvalue weighted by Gasteiger charge is -2.33. The Kier molecular flexibility index (Phi) is 5.67. The fraction of sp³-hybridized carbons (Fsp3) is 0.364. The van der Waals surface area contributed by atoms with Gasteiger partial charge in [0.2, 0.25) is 5.91 Å². The summed E-state index contributed by atoms with van der Waals surface area (Å²) in [6.07, 6.45) is 0. The maximum atomic E-state index is 12.4. The normalized spacial score (nSPS) is 14.9. The lowest BCUT2D eigenvalue weighted by atomic mass is 10.2. The van der Waals surface area contributed by atoms with Gasteiger partial charge in [-0.3, -0.25) is 9.69 Å². The Morgan fingerprint density at radius 1 is 1.14 bits per heavy atom. The zero-order valence-corrected chi connectivity index (χ0v) is 16.9. The second-order valence-corrected chi connectivity index (χ2v) is 7.24. The Balaban J connectivity index is 1.28. The number of fused-ring (bicyclic) bond motifs is 1. The molecule has 1 saturated heterocycles. The Morgan fingerprint density at radius 2 is 1.90 bits per heavy atom. The first-order chi connectivity index (χ1) is 14.1. The number of carbonyl (C=O) groups excluding carboxylic acids is 1. The number of piperazine rings is 1. The average Bonchev–Trinajstić information content (AvgIpc) is 3.13. The number of carbonyl (C=O) groups is 1. The Bertz CT molecular complexity index is 975. The van der Waals surface area contributed by atoms with E-state index in [1.54, 1.807) is 0 Å². The summed E-state index contributed by atoms with van der Waals surface area (Å²) >= 11 is 0. The van der Waals surface area contributed by atoms with Crippen LogP contribution in [0.25, 0.3) is 11.1 Å². The van der Waals surface area contributed by atoms with Gasteiger partial charge in [-0.25, -0.2) is 0 Å². The van der Waals surface area contributed by atoms with Gasteiger partial charge in [0.1, 0.15) is 11.3 Å². The molecule has 2 aromatic carbocycles. The van der Waals surface area contributed by atoms with Crippen molar-refractivity contribution < 1.29 is 13.9 Å². The summed E-state index contributed by atoms with van der Waals surface area (Å²) in [7, 11) is 0. The molecule has 29 heavy (non-hydrogen) atoms. The molecule has 3 aromatic rings. The summed E-state index contributed by atoms with van der Waals surface area (Å²) in [6.45, 7) is 8.12. The van der Waals surface area contributed by atoms with E-state index in [9.17, 15) is 4.79 Å². The summed E-state index contributed by atoms with van der Waals surface area (Å²) in [4.78, 5) is 21.3. The average molecular weight is 394 g/mol. The van der Waals surface area contributed by atoms with E-state index >= 15 is 0 Å². The van der Waals surface area contributed by atoms with Crippen LogP contribution in [-0.4, -0.2) is 55.1 Å². The molecule has 4 rings (SSSR count). The number of hydrogen-bond acceptors (Lipinski definition) is 6. The van der Waals surface area contributed by atoms with Crippen LogP contribution in [0, 0.1) is 6.92 Å². The quantitative estimate of drug-likeness (QED) is 0.692. The molecule has 1 fully saturated rings. The number of ether oxygens (including phenoxy) is 1. The fourth-order valence-corrected chi connectivity index (χ4v) is 3.46. The molecule has 1 N–H and O–H groups in total. The van der Waals surface area contributed by atoms with E-state index in [0.717, 1.165) is 48.7 Å². The summed E-state index contributed by atoms with van der Waals surface area (Å²) in [5, 5.41) is 2.94. The highest BCUT2D eigenvalue weighted by Gasteiger charge is 2.22. The van der Waals surface area contributed by atoms with E-state index in [-0.39, 0.29) is 5.91 Å². The van der Waals surface area contributed by atoms with Crippen LogP contribution in [0.1, 0.15) is 12.5 Å². The van der Waals surface area contributed by atoms with Crippen molar-refractivity contribution in [2.45, 2.75) is 13.8 Å². The van der Waals surface area contributed by atoms with Crippen molar-refractivity contribution in [1.29, 1.82) is 0 Å². The highest BCUT2D eigenvalue weighted by molar-refractivity contribution is 5.92. The minimum atomic E-state index is -0.0139. The zero-order valence-electron chi connectivity index (χ0n) is 16.9. The van der Waals surface area contributed by atoms with Crippen LogP contribution < -0.4 is 15.0 Å². The van der Waals surface area contributed by atoms with Gasteiger partial charge in [0.15, 0.2) is 5.58 Å². The summed E-state index contributed by atoms with van der Waals surface area (Å²) in [5.41, 5.74) is 3.64. The van der Waals surface area contributed by atoms with Crippen LogP contribution in [0.4, 0.5) is 11.7 Å². The highest BCUT2D eigenvalue weighted by atomic mass is 16.5. The number of anilines is 2. The molecule has 0 radical (unpaired) electrons. The molecular weight excluding hydrogens is 368 g/mol. The van der Waals surface area contributed by atoms with Crippen LogP contribution in [0.2, 0.25) is 0 Å². The molecule has 0 aliphatic carbocycles. The van der Waals surface area contributed by atoms with Gasteiger partial charge in [-0.2, -0.15) is 4.98 Å². The molecule has 0 unspecified atom stereocenters. The lowest BCUT2D eigenvalue weighted by molar-refractivity contribution is -0.117. The van der Waals surface area contributed by atoms with Crippen LogP contribution in [0.5, 0.6) is 5.75 Å². The molecule has 1 aliphatic rings. The third kappa shape index (κ3) is 4.68. The molecule has 7 heteroatoms. The number of rotatable bonds is 6. The Hall–Kier alpha value is -3.06. The van der Waals surface area contributed by atoms with Crippen LogP contribution in [-0.2, 0) is 4.79 Å². The molecule has 1 amide bonds. The van der Waals surface area contributed by atoms with Crippen molar-refractivity contribution in [3.63, 3.8) is 0 Å². The highest BCUT2D eigenvalue weighted by Crippen LogP contribution is 2.23. The predicted octanol–water partition coefficient (Wildman–Crippen LogP) is 3.30. The van der Waals surface area contributed by atoms with Gasteiger partial charge >= 0.3 is 0 Å². The monoisotopic (exact) mass is 394 g/mol. The lowest BCUT2D eigenvalue weighted by Crippen LogP contribution is -2.48. The van der Waals surface area contributed by atoms with E-state index < -0.39 is 0 Å². The van der Waals surface area contributed by atoms with Crippen LogP contribution in [0.3, 0.4) is 0 Å². The van der Waals surface area contributed by atoms with Gasteiger partial charge in [-0.1, -0.05) is 6.07 Å². The molecule has 2 heterocycles. The summed E-state index contributed by atoms with van der Waals surface area (Å²) in [5.74, 6) is 0.788. The second kappa shape index (κ2) is 8.53. The first kappa shape index (κ1) is 19.3. The molecule has 0 atom stereocenters. The molecule has 0 saturated carbocycles. The van der Waals surface area contributed by atoms with Crippen molar-refractivity contribution in [3.8, 4) is 5.75 Å². The van der Waals surface area contributed by atoms with Crippen molar-refractivity contribution in [3.05, 3.63) is 48.0 Å². The predicted molar refractivity (Wildman–Crippen MR) is 114 cm³/mol. The first-order valence-electron chi connectivity index (χ1n) is 9.98. The van der Waals surface area contributed by atoms with Crippen molar-refractivity contribution >= 4 is 28.7 Å². The van der Waals surface area contributed by atoms with Crippen molar-refractivity contribution in [2.75, 3.05) is 49.5 Å². The summed E-state index contributed by atoms with van der Waals surface area (Å²) in [6, 6.07) is 14.1. The van der Waals surface area contributed by atoms with Gasteiger partial charge in [-0.15, -0.1) is 0 Å². The number of benzene rings is 2. The van der Waals surface area contributed by atoms with Gasteiger partial charge < -0.3 is 19.4 Å². The maximum Gasteiger partial charge on any atom is 0.298 e. The van der Waals surface area contributed by atoms with Crippen LogP contribution >= 0.6 is 0 Å². The molecule has 0 spiro atoms. The SMILES string of the molecule is CCOc1ccc(NC(=O)CN2CCN(c3nc4cc(C)ccc4o3)CC2)cc1. The largest absolute Gasteiger partial charge is 0.494 e. The molecule has 7 nitrogen and oxygen atoms in total. The smallest absolute Gasteiger partial charge is 0.298 e. The van der Waals surface area contributed by atoms with E-state index in [1.807, 2.05) is 56.3 Å². The number of oxazole rings is 1. The number of nitrogens with one attached hydrogen (secondary N) is 1.